The van der Waals surface area contributed by atoms with Crippen LogP contribution >= 0.6 is 15.9 Å². The van der Waals surface area contributed by atoms with Crippen LogP contribution in [0, 0.1) is 10.1 Å². The molecule has 0 aliphatic rings. The number of pyridine rings is 1. The summed E-state index contributed by atoms with van der Waals surface area (Å²) >= 11 is 3.47. The van der Waals surface area contributed by atoms with Crippen LogP contribution in [0.15, 0.2) is 39.5 Å². The fourth-order valence-electron chi connectivity index (χ4n) is 2.47. The number of halogens is 1. The van der Waals surface area contributed by atoms with Crippen LogP contribution in [-0.2, 0) is 13.0 Å². The maximum absolute atomic E-state index is 11.1. The van der Waals surface area contributed by atoms with Crippen molar-refractivity contribution in [3.63, 3.8) is 0 Å². The summed E-state index contributed by atoms with van der Waals surface area (Å²) in [4.78, 5) is 15.1. The van der Waals surface area contributed by atoms with Crippen molar-refractivity contribution in [2.24, 2.45) is 0 Å². The molecule has 0 saturated carbocycles. The Kier molecular flexibility index (Phi) is 4.12. The monoisotopic (exact) mass is 376 g/mol. The van der Waals surface area contributed by atoms with Crippen molar-refractivity contribution in [2.45, 2.75) is 26.8 Å². The summed E-state index contributed by atoms with van der Waals surface area (Å²) in [5, 5.41) is 11.1. The van der Waals surface area contributed by atoms with Crippen molar-refractivity contribution in [3.8, 4) is 11.5 Å². The lowest BCUT2D eigenvalue weighted by molar-refractivity contribution is -0.693. The molecule has 0 unspecified atom stereocenters. The van der Waals surface area contributed by atoms with Gasteiger partial charge in [0.1, 0.15) is 17.6 Å². The number of aromatic nitrogens is 2. The summed E-state index contributed by atoms with van der Waals surface area (Å²) in [6.45, 7) is 4.80. The van der Waals surface area contributed by atoms with E-state index in [9.17, 15) is 10.1 Å². The first-order valence-corrected chi connectivity index (χ1v) is 8.09. The minimum atomic E-state index is -0.406. The van der Waals surface area contributed by atoms with Gasteiger partial charge < -0.3 is 4.42 Å². The zero-order valence-electron chi connectivity index (χ0n) is 12.7. The maximum Gasteiger partial charge on any atom is 0.272 e. The molecule has 2 aromatic heterocycles. The van der Waals surface area contributed by atoms with Crippen LogP contribution in [0.25, 0.3) is 22.6 Å². The lowest BCUT2D eigenvalue weighted by Gasteiger charge is -1.98. The second kappa shape index (κ2) is 6.08. The topological polar surface area (TPSA) is 73.1 Å². The Morgan fingerprint density at radius 3 is 2.74 bits per heavy atom. The second-order valence-corrected chi connectivity index (χ2v) is 6.07. The number of rotatable bonds is 4. The summed E-state index contributed by atoms with van der Waals surface area (Å²) in [5.41, 5.74) is 2.76. The lowest BCUT2D eigenvalue weighted by atomic mass is 10.1. The van der Waals surface area contributed by atoms with Crippen molar-refractivity contribution in [2.75, 3.05) is 0 Å². The van der Waals surface area contributed by atoms with Gasteiger partial charge in [-0.25, -0.2) is 9.55 Å². The first kappa shape index (κ1) is 15.6. The molecule has 0 fully saturated rings. The highest BCUT2D eigenvalue weighted by Crippen LogP contribution is 2.30. The van der Waals surface area contributed by atoms with Gasteiger partial charge in [0.2, 0.25) is 5.89 Å². The summed E-state index contributed by atoms with van der Waals surface area (Å²) in [5.74, 6) is 0.457. The van der Waals surface area contributed by atoms with Gasteiger partial charge >= 0.3 is 0 Å². The van der Waals surface area contributed by atoms with Gasteiger partial charge in [0.05, 0.1) is 9.40 Å². The van der Waals surface area contributed by atoms with Crippen molar-refractivity contribution in [3.05, 3.63) is 50.7 Å². The number of aryl methyl sites for hydroxylation is 2. The molecule has 0 aliphatic heterocycles. The van der Waals surface area contributed by atoms with Gasteiger partial charge in [0.15, 0.2) is 18.0 Å². The number of oxazole rings is 1. The van der Waals surface area contributed by atoms with E-state index in [1.807, 2.05) is 36.9 Å². The van der Waals surface area contributed by atoms with E-state index in [1.165, 1.54) is 6.07 Å². The Morgan fingerprint density at radius 1 is 1.30 bits per heavy atom. The van der Waals surface area contributed by atoms with Crippen LogP contribution in [-0.4, -0.2) is 9.91 Å². The molecule has 0 radical (unpaired) electrons. The molecule has 0 N–H and O–H groups in total. The van der Waals surface area contributed by atoms with E-state index in [4.69, 9.17) is 4.42 Å². The van der Waals surface area contributed by atoms with E-state index in [0.717, 1.165) is 22.1 Å². The average molecular weight is 377 g/mol. The van der Waals surface area contributed by atoms with E-state index in [0.29, 0.717) is 23.4 Å². The van der Waals surface area contributed by atoms with E-state index < -0.39 is 4.92 Å². The number of nitrogens with zero attached hydrogens (tertiary/aromatic N) is 3. The Bertz CT molecular complexity index is 905. The normalized spacial score (nSPS) is 11.1. The number of hydrogen-bond donors (Lipinski definition) is 0. The summed E-state index contributed by atoms with van der Waals surface area (Å²) in [6, 6.07) is 4.91. The number of benzene rings is 1. The molecule has 7 heteroatoms. The van der Waals surface area contributed by atoms with Gasteiger partial charge in [-0.1, -0.05) is 6.92 Å². The van der Waals surface area contributed by atoms with Crippen molar-refractivity contribution in [1.29, 1.82) is 0 Å². The van der Waals surface area contributed by atoms with Crippen molar-refractivity contribution in [1.82, 2.24) is 4.98 Å². The van der Waals surface area contributed by atoms with Crippen LogP contribution in [0.3, 0.4) is 0 Å². The van der Waals surface area contributed by atoms with E-state index in [1.54, 1.807) is 6.07 Å². The lowest BCUT2D eigenvalue weighted by Crippen LogP contribution is -2.31. The molecule has 0 atom stereocenters. The van der Waals surface area contributed by atoms with E-state index in [-0.39, 0.29) is 5.69 Å². The van der Waals surface area contributed by atoms with Gasteiger partial charge in [0.25, 0.3) is 5.69 Å². The molecule has 0 saturated heterocycles. The van der Waals surface area contributed by atoms with Gasteiger partial charge in [-0.15, -0.1) is 0 Å². The molecule has 23 heavy (non-hydrogen) atoms. The first-order valence-electron chi connectivity index (χ1n) is 7.29. The molecule has 2 heterocycles. The Balaban J connectivity index is 2.20. The number of nitro groups is 1. The fraction of sp³-hybridized carbons (Fsp3) is 0.250. The number of nitro benzene ring substituents is 1. The predicted molar refractivity (Wildman–Crippen MR) is 89.0 cm³/mol. The molecule has 0 spiro atoms. The molecular formula is C16H15BrN3O3+. The zero-order chi connectivity index (χ0) is 16.6. The van der Waals surface area contributed by atoms with Crippen LogP contribution in [0.5, 0.6) is 0 Å². The maximum atomic E-state index is 11.1. The molecule has 3 rings (SSSR count). The minimum absolute atomic E-state index is 0.0343. The molecular weight excluding hydrogens is 362 g/mol. The summed E-state index contributed by atoms with van der Waals surface area (Å²) in [6.07, 6.45) is 4.55. The van der Waals surface area contributed by atoms with Crippen LogP contribution in [0.2, 0.25) is 0 Å². The second-order valence-electron chi connectivity index (χ2n) is 5.16. The first-order chi connectivity index (χ1) is 11.0. The van der Waals surface area contributed by atoms with Crippen LogP contribution < -0.4 is 4.57 Å². The largest absolute Gasteiger partial charge is 0.436 e. The van der Waals surface area contributed by atoms with Crippen molar-refractivity contribution < 1.29 is 13.9 Å². The molecule has 3 aromatic rings. The predicted octanol–water partition coefficient (Wildman–Crippen LogP) is 4.04. The quantitative estimate of drug-likeness (QED) is 0.391. The molecule has 0 amide bonds. The average Bonchev–Trinajstić information content (AvgIpc) is 2.97. The van der Waals surface area contributed by atoms with Gasteiger partial charge in [-0.05, 0) is 35.3 Å². The van der Waals surface area contributed by atoms with Crippen LogP contribution in [0.1, 0.15) is 19.4 Å². The number of fused-ring (bicyclic) bond motifs is 1. The molecule has 0 aliphatic carbocycles. The van der Waals surface area contributed by atoms with Crippen molar-refractivity contribution >= 4 is 32.7 Å². The highest BCUT2D eigenvalue weighted by atomic mass is 79.9. The van der Waals surface area contributed by atoms with E-state index >= 15 is 0 Å². The third-order valence-electron chi connectivity index (χ3n) is 3.64. The third kappa shape index (κ3) is 2.96. The molecule has 118 valence electrons. The van der Waals surface area contributed by atoms with Crippen LogP contribution in [0.4, 0.5) is 5.69 Å². The summed E-state index contributed by atoms with van der Waals surface area (Å²) < 4.78 is 8.83. The molecule has 1 aromatic carbocycles. The van der Waals surface area contributed by atoms with Gasteiger partial charge in [-0.2, -0.15) is 0 Å². The van der Waals surface area contributed by atoms with E-state index in [2.05, 4.69) is 20.9 Å². The Hall–Kier alpha value is -2.28. The number of non-ortho nitro benzene ring substituents is 1. The highest BCUT2D eigenvalue weighted by Gasteiger charge is 2.18. The van der Waals surface area contributed by atoms with Gasteiger partial charge in [0, 0.05) is 17.7 Å². The smallest absolute Gasteiger partial charge is 0.272 e. The Morgan fingerprint density at radius 2 is 2.09 bits per heavy atom. The zero-order valence-corrected chi connectivity index (χ0v) is 14.3. The number of hydrogen-bond acceptors (Lipinski definition) is 4. The van der Waals surface area contributed by atoms with Gasteiger partial charge in [-0.3, -0.25) is 10.1 Å². The minimum Gasteiger partial charge on any atom is -0.436 e. The molecule has 6 nitrogen and oxygen atoms in total. The standard InChI is InChI=1S/C16H15BrN3O3/c1-3-10-6-13(20(21)22)7-14-15(10)23-16(18-14)11-5-12(17)9-19(4-2)8-11/h5-9H,3-4H2,1-2H3/q+1. The fourth-order valence-corrected chi connectivity index (χ4v) is 2.98. The molecule has 0 bridgehead atoms. The summed E-state index contributed by atoms with van der Waals surface area (Å²) in [7, 11) is 0. The highest BCUT2D eigenvalue weighted by molar-refractivity contribution is 9.10. The SMILES string of the molecule is CCc1cc([N+](=O)[O-])cc2nc(-c3cc(Br)c[n+](CC)c3)oc12. The third-order valence-corrected chi connectivity index (χ3v) is 4.08. The Labute approximate surface area is 141 Å².